The lowest BCUT2D eigenvalue weighted by atomic mass is 10.1. The lowest BCUT2D eigenvalue weighted by molar-refractivity contribution is 0.0690. The number of carboxylic acid groups (broad SMARTS) is 1. The van der Waals surface area contributed by atoms with Gasteiger partial charge in [0.25, 0.3) is 0 Å². The Hall–Kier alpha value is -2.61. The van der Waals surface area contributed by atoms with Gasteiger partial charge in [-0.2, -0.15) is 0 Å². The number of hydrogen-bond donors (Lipinski definition) is 2. The van der Waals surface area contributed by atoms with Gasteiger partial charge in [-0.15, -0.1) is 0 Å². The summed E-state index contributed by atoms with van der Waals surface area (Å²) in [6, 6.07) is 2.81. The number of benzene rings is 1. The van der Waals surface area contributed by atoms with E-state index in [9.17, 15) is 9.18 Å². The molecule has 0 aliphatic carbocycles. The number of nitrogens with zero attached hydrogens (tertiary/aromatic N) is 2. The number of ether oxygens (including phenoxy) is 2. The first-order valence-electron chi connectivity index (χ1n) is 5.64. The van der Waals surface area contributed by atoms with E-state index in [1.165, 1.54) is 12.1 Å². The fourth-order valence-corrected chi connectivity index (χ4v) is 2.00. The maximum Gasteiger partial charge on any atom is 0.356 e. The van der Waals surface area contributed by atoms with Gasteiger partial charge < -0.3 is 20.3 Å². The summed E-state index contributed by atoms with van der Waals surface area (Å²) in [6.07, 6.45) is 0. The van der Waals surface area contributed by atoms with Gasteiger partial charge in [-0.3, -0.25) is 0 Å². The second-order valence-corrected chi connectivity index (χ2v) is 4.44. The molecular formula is C12H7ClFN3O4. The Morgan fingerprint density at radius 2 is 2.14 bits per heavy atom. The van der Waals surface area contributed by atoms with Gasteiger partial charge in [0, 0.05) is 0 Å². The quantitative estimate of drug-likeness (QED) is 0.872. The average Bonchev–Trinajstić information content (AvgIpc) is 2.91. The monoisotopic (exact) mass is 311 g/mol. The van der Waals surface area contributed by atoms with Crippen molar-refractivity contribution in [1.29, 1.82) is 0 Å². The van der Waals surface area contributed by atoms with Gasteiger partial charge in [0.2, 0.25) is 12.5 Å². The molecule has 0 spiro atoms. The summed E-state index contributed by atoms with van der Waals surface area (Å²) in [5.41, 5.74) is 4.97. The third-order valence-corrected chi connectivity index (χ3v) is 3.17. The highest BCUT2D eigenvalue weighted by Crippen LogP contribution is 2.39. The van der Waals surface area contributed by atoms with Crippen molar-refractivity contribution in [2.24, 2.45) is 0 Å². The second kappa shape index (κ2) is 4.74. The van der Waals surface area contributed by atoms with Crippen LogP contribution in [0.25, 0.3) is 11.4 Å². The number of fused-ring (bicyclic) bond motifs is 1. The smallest absolute Gasteiger partial charge is 0.356 e. The number of hydrogen-bond acceptors (Lipinski definition) is 6. The van der Waals surface area contributed by atoms with E-state index in [0.29, 0.717) is 0 Å². The molecule has 0 amide bonds. The molecule has 1 aromatic carbocycles. The first kappa shape index (κ1) is 13.4. The lowest BCUT2D eigenvalue weighted by Gasteiger charge is -2.08. The minimum absolute atomic E-state index is 0.0647. The lowest BCUT2D eigenvalue weighted by Crippen LogP contribution is -2.08. The normalized spacial score (nSPS) is 12.5. The van der Waals surface area contributed by atoms with Gasteiger partial charge in [0.15, 0.2) is 23.1 Å². The zero-order valence-electron chi connectivity index (χ0n) is 10.3. The minimum atomic E-state index is -1.39. The van der Waals surface area contributed by atoms with Crippen molar-refractivity contribution in [3.63, 3.8) is 0 Å². The molecule has 1 aliphatic heterocycles. The molecule has 9 heteroatoms. The van der Waals surface area contributed by atoms with Crippen molar-refractivity contribution in [3.05, 3.63) is 28.7 Å². The highest BCUT2D eigenvalue weighted by molar-refractivity contribution is 6.35. The molecule has 0 unspecified atom stereocenters. The highest BCUT2D eigenvalue weighted by atomic mass is 35.5. The zero-order chi connectivity index (χ0) is 15.1. The van der Waals surface area contributed by atoms with Crippen LogP contribution in [-0.2, 0) is 0 Å². The van der Waals surface area contributed by atoms with Crippen LogP contribution >= 0.6 is 11.6 Å². The van der Waals surface area contributed by atoms with E-state index in [4.69, 9.17) is 31.9 Å². The van der Waals surface area contributed by atoms with Crippen LogP contribution in [0, 0.1) is 5.82 Å². The summed E-state index contributed by atoms with van der Waals surface area (Å²) in [5, 5.41) is 8.72. The van der Waals surface area contributed by atoms with Crippen molar-refractivity contribution >= 4 is 23.4 Å². The van der Waals surface area contributed by atoms with Gasteiger partial charge >= 0.3 is 5.97 Å². The van der Waals surface area contributed by atoms with E-state index >= 15 is 0 Å². The number of anilines is 1. The van der Waals surface area contributed by atoms with Gasteiger partial charge in [-0.25, -0.2) is 19.2 Å². The average molecular weight is 312 g/mol. The molecule has 0 fully saturated rings. The van der Waals surface area contributed by atoms with Gasteiger partial charge in [-0.1, -0.05) is 11.6 Å². The van der Waals surface area contributed by atoms with Crippen LogP contribution in [0.4, 0.5) is 10.2 Å². The molecule has 1 aliphatic rings. The van der Waals surface area contributed by atoms with Crippen LogP contribution in [-0.4, -0.2) is 27.8 Å². The van der Waals surface area contributed by atoms with E-state index in [1.54, 1.807) is 0 Å². The van der Waals surface area contributed by atoms with Gasteiger partial charge in [-0.05, 0) is 12.1 Å². The number of nitrogen functional groups attached to an aromatic ring is 1. The fraction of sp³-hybridized carbons (Fsp3) is 0.0833. The topological polar surface area (TPSA) is 108 Å². The van der Waals surface area contributed by atoms with Crippen molar-refractivity contribution < 1.29 is 23.8 Å². The molecule has 2 aromatic rings. The molecule has 3 rings (SSSR count). The van der Waals surface area contributed by atoms with Gasteiger partial charge in [0.1, 0.15) is 10.8 Å². The molecule has 2 heterocycles. The molecule has 3 N–H and O–H groups in total. The molecule has 0 saturated carbocycles. The highest BCUT2D eigenvalue weighted by Gasteiger charge is 2.25. The minimum Gasteiger partial charge on any atom is -0.476 e. The van der Waals surface area contributed by atoms with Crippen LogP contribution in [0.5, 0.6) is 11.5 Å². The SMILES string of the molecule is Nc1nc(-c2ccc3c(c2F)OCO3)nc(C(=O)O)c1Cl. The third-order valence-electron chi connectivity index (χ3n) is 2.80. The summed E-state index contributed by atoms with van der Waals surface area (Å²) in [4.78, 5) is 18.6. The maximum absolute atomic E-state index is 14.3. The van der Waals surface area contributed by atoms with Crippen LogP contribution in [0.1, 0.15) is 10.5 Å². The molecular weight excluding hydrogens is 305 g/mol. The Morgan fingerprint density at radius 3 is 2.86 bits per heavy atom. The number of rotatable bonds is 2. The van der Waals surface area contributed by atoms with Crippen molar-refractivity contribution in [1.82, 2.24) is 9.97 Å². The van der Waals surface area contributed by atoms with Crippen molar-refractivity contribution in [2.75, 3.05) is 12.5 Å². The fourth-order valence-electron chi connectivity index (χ4n) is 1.84. The largest absolute Gasteiger partial charge is 0.476 e. The molecule has 7 nitrogen and oxygen atoms in total. The summed E-state index contributed by atoms with van der Waals surface area (Å²) in [7, 11) is 0. The maximum atomic E-state index is 14.3. The Balaban J connectivity index is 2.20. The Bertz CT molecular complexity index is 769. The molecule has 21 heavy (non-hydrogen) atoms. The van der Waals surface area contributed by atoms with E-state index in [-0.39, 0.29) is 40.5 Å². The number of nitrogens with two attached hydrogens (primary N) is 1. The molecule has 0 atom stereocenters. The number of aromatic carboxylic acids is 1. The van der Waals surface area contributed by atoms with E-state index < -0.39 is 17.5 Å². The predicted molar refractivity (Wildman–Crippen MR) is 69.9 cm³/mol. The second-order valence-electron chi connectivity index (χ2n) is 4.06. The number of aromatic nitrogens is 2. The number of carbonyl (C=O) groups is 1. The summed E-state index contributed by atoms with van der Waals surface area (Å²) < 4.78 is 24.3. The first-order valence-corrected chi connectivity index (χ1v) is 6.01. The Morgan fingerprint density at radius 1 is 1.38 bits per heavy atom. The summed E-state index contributed by atoms with van der Waals surface area (Å²) in [5.74, 6) is -2.45. The zero-order valence-corrected chi connectivity index (χ0v) is 11.0. The Kier molecular flexibility index (Phi) is 3.02. The van der Waals surface area contributed by atoms with Crippen molar-refractivity contribution in [3.8, 4) is 22.9 Å². The van der Waals surface area contributed by atoms with E-state index in [0.717, 1.165) is 0 Å². The number of carboxylic acids is 1. The van der Waals surface area contributed by atoms with Crippen molar-refractivity contribution in [2.45, 2.75) is 0 Å². The molecule has 108 valence electrons. The number of halogens is 2. The molecule has 0 bridgehead atoms. The van der Waals surface area contributed by atoms with Crippen LogP contribution in [0.3, 0.4) is 0 Å². The van der Waals surface area contributed by atoms with E-state index in [1.807, 2.05) is 0 Å². The standard InChI is InChI=1S/C12H7ClFN3O4/c13-6-8(12(18)19)16-11(17-10(6)15)4-1-2-5-9(7(4)14)21-3-20-5/h1-2H,3H2,(H,18,19)(H2,15,16,17). The van der Waals surface area contributed by atoms with Crippen LogP contribution in [0.15, 0.2) is 12.1 Å². The third kappa shape index (κ3) is 2.09. The predicted octanol–water partition coefficient (Wildman–Crippen LogP) is 1.95. The molecule has 0 radical (unpaired) electrons. The summed E-state index contributed by atoms with van der Waals surface area (Å²) in [6.45, 7) is -0.0975. The molecule has 0 saturated heterocycles. The van der Waals surface area contributed by atoms with Crippen LogP contribution in [0.2, 0.25) is 5.02 Å². The van der Waals surface area contributed by atoms with Crippen LogP contribution < -0.4 is 15.2 Å². The Labute approximate surface area is 122 Å². The first-order chi connectivity index (χ1) is 9.99. The summed E-state index contributed by atoms with van der Waals surface area (Å²) >= 11 is 5.71. The van der Waals surface area contributed by atoms with E-state index in [2.05, 4.69) is 9.97 Å². The van der Waals surface area contributed by atoms with Gasteiger partial charge in [0.05, 0.1) is 5.56 Å². The molecule has 1 aromatic heterocycles.